The summed E-state index contributed by atoms with van der Waals surface area (Å²) in [5.74, 6) is -12.1. The molecule has 0 saturated carbocycles. The summed E-state index contributed by atoms with van der Waals surface area (Å²) in [5, 5.41) is 58.3. The van der Waals surface area contributed by atoms with E-state index in [1.165, 1.54) is 13.8 Å². The molecule has 0 bridgehead atoms. The Morgan fingerprint density at radius 2 is 0.896 bits per heavy atom. The first-order valence-electron chi connectivity index (χ1n) is 24.3. The Morgan fingerprint density at radius 1 is 0.506 bits per heavy atom. The van der Waals surface area contributed by atoms with Gasteiger partial charge in [-0.1, -0.05) is 44.2 Å². The van der Waals surface area contributed by atoms with Crippen LogP contribution in [0.2, 0.25) is 0 Å². The van der Waals surface area contributed by atoms with Gasteiger partial charge in [0.15, 0.2) is 17.9 Å². The Kier molecular flexibility index (Phi) is 30.9. The quantitative estimate of drug-likeness (QED) is 0.0167. The number of nitrogens with zero attached hydrogens (tertiary/aromatic N) is 3. The summed E-state index contributed by atoms with van der Waals surface area (Å²) in [7, 11) is 0. The number of nitrogens with one attached hydrogen (secondary N) is 8. The van der Waals surface area contributed by atoms with Gasteiger partial charge in [-0.15, -0.1) is 0 Å². The van der Waals surface area contributed by atoms with Crippen LogP contribution in [0.15, 0.2) is 45.3 Å². The lowest BCUT2D eigenvalue weighted by Gasteiger charge is -2.27. The lowest BCUT2D eigenvalue weighted by atomic mass is 10.0. The smallest absolute Gasteiger partial charge is 0.326 e. The van der Waals surface area contributed by atoms with Crippen LogP contribution >= 0.6 is 0 Å². The number of aliphatic hydroxyl groups excluding tert-OH is 2. The molecule has 77 heavy (non-hydrogen) atoms. The number of benzene rings is 1. The van der Waals surface area contributed by atoms with Gasteiger partial charge in [0.05, 0.1) is 25.8 Å². The predicted octanol–water partition coefficient (Wildman–Crippen LogP) is -8.18. The number of carboxylic acids is 2. The molecule has 26 N–H and O–H groups in total. The fourth-order valence-corrected chi connectivity index (χ4v) is 6.85. The second kappa shape index (κ2) is 35.7. The molecule has 0 spiro atoms. The van der Waals surface area contributed by atoms with Crippen molar-refractivity contribution < 1.29 is 68.4 Å². The molecule has 430 valence electrons. The van der Waals surface area contributed by atoms with Crippen LogP contribution in [-0.4, -0.2) is 185 Å². The fourth-order valence-electron chi connectivity index (χ4n) is 6.85. The molecule has 0 aromatic heterocycles. The number of guanidine groups is 3. The number of amides is 8. The number of carboxylic acid groups (broad SMARTS) is 2. The van der Waals surface area contributed by atoms with Crippen molar-refractivity contribution in [2.24, 2.45) is 61.0 Å². The summed E-state index contributed by atoms with van der Waals surface area (Å²) in [6.45, 7) is 0.385. The zero-order valence-electron chi connectivity index (χ0n) is 42.9. The highest BCUT2D eigenvalue weighted by Crippen LogP contribution is 2.09. The number of hydrogen-bond donors (Lipinski definition) is 19. The second-order valence-corrected chi connectivity index (χ2v) is 17.7. The Hall–Kier alpha value is -8.39. The van der Waals surface area contributed by atoms with E-state index < -0.39 is 146 Å². The maximum atomic E-state index is 14.0. The van der Waals surface area contributed by atoms with E-state index in [1.807, 2.05) is 0 Å². The minimum atomic E-state index is -1.84. The van der Waals surface area contributed by atoms with Crippen molar-refractivity contribution in [1.82, 2.24) is 42.5 Å². The van der Waals surface area contributed by atoms with Crippen LogP contribution in [0.1, 0.15) is 70.8 Å². The molecule has 8 atom stereocenters. The number of rotatable bonds is 37. The Morgan fingerprint density at radius 3 is 1.32 bits per heavy atom. The van der Waals surface area contributed by atoms with Gasteiger partial charge in [0.25, 0.3) is 0 Å². The molecule has 0 heterocycles. The zero-order valence-corrected chi connectivity index (χ0v) is 42.9. The molecule has 0 radical (unpaired) electrons. The first kappa shape index (κ1) is 66.6. The summed E-state index contributed by atoms with van der Waals surface area (Å²) in [4.78, 5) is 143. The van der Waals surface area contributed by atoms with E-state index >= 15 is 0 Å². The van der Waals surface area contributed by atoms with Gasteiger partial charge in [0.2, 0.25) is 47.3 Å². The molecule has 8 amide bonds. The first-order valence-corrected chi connectivity index (χ1v) is 24.3. The third-order valence-corrected chi connectivity index (χ3v) is 11.0. The normalized spacial score (nSPS) is 13.9. The van der Waals surface area contributed by atoms with E-state index in [4.69, 9.17) is 40.1 Å². The van der Waals surface area contributed by atoms with Gasteiger partial charge in [-0.3, -0.25) is 58.1 Å². The summed E-state index contributed by atoms with van der Waals surface area (Å²) < 4.78 is 0. The number of carbonyl (C=O) groups is 10. The maximum absolute atomic E-state index is 14.0. The van der Waals surface area contributed by atoms with Gasteiger partial charge in [-0.05, 0) is 56.4 Å². The first-order chi connectivity index (χ1) is 36.3. The molecule has 1 rings (SSSR count). The van der Waals surface area contributed by atoms with Crippen LogP contribution in [0.4, 0.5) is 0 Å². The van der Waals surface area contributed by atoms with Crippen molar-refractivity contribution in [1.29, 1.82) is 0 Å². The van der Waals surface area contributed by atoms with E-state index in [-0.39, 0.29) is 76.0 Å². The SMILES string of the molecule is CC(C)[C@H](NC(=O)[C@H](CCC(=O)O)NC(=O)[C@H](CO)NC(=O)[C@H](Cc1ccccc1)NC(=O)[C@H](CO)NC(=O)[C@H](CCCN=C(N)N)NC(=O)[C@H](CCCN=C(N)N)NC(=O)CNC(=O)[C@@H](N)CCCN=C(N)N)C(=O)O. The van der Waals surface area contributed by atoms with E-state index in [0.29, 0.717) is 12.0 Å². The fraction of sp³-hybridized carbons (Fsp3) is 0.578. The zero-order chi connectivity index (χ0) is 58.2. The Balaban J connectivity index is 3.43. The van der Waals surface area contributed by atoms with Gasteiger partial charge < -0.3 is 103 Å². The van der Waals surface area contributed by atoms with Crippen molar-refractivity contribution in [2.75, 3.05) is 39.4 Å². The summed E-state index contributed by atoms with van der Waals surface area (Å²) >= 11 is 0. The monoisotopic (exact) mass is 1090 g/mol. The number of carbonyl (C=O) groups excluding carboxylic acids is 8. The van der Waals surface area contributed by atoms with Crippen LogP contribution in [-0.2, 0) is 54.4 Å². The molecule has 32 nitrogen and oxygen atoms in total. The van der Waals surface area contributed by atoms with Gasteiger partial charge in [0.1, 0.15) is 42.3 Å². The van der Waals surface area contributed by atoms with E-state index in [0.717, 1.165) is 0 Å². The van der Waals surface area contributed by atoms with Crippen LogP contribution < -0.4 is 82.7 Å². The van der Waals surface area contributed by atoms with Crippen LogP contribution in [0.5, 0.6) is 0 Å². The maximum Gasteiger partial charge on any atom is 0.326 e. The minimum absolute atomic E-state index is 0.0170. The molecule has 1 aromatic rings. The summed E-state index contributed by atoms with van der Waals surface area (Å²) in [6.07, 6.45) is -1.06. The highest BCUT2D eigenvalue weighted by molar-refractivity contribution is 5.98. The number of nitrogens with two attached hydrogens (primary N) is 7. The number of aliphatic carboxylic acids is 2. The van der Waals surface area contributed by atoms with Crippen molar-refractivity contribution >= 4 is 77.1 Å². The highest BCUT2D eigenvalue weighted by Gasteiger charge is 2.35. The minimum Gasteiger partial charge on any atom is -0.481 e. The lowest BCUT2D eigenvalue weighted by Crippen LogP contribution is -2.61. The van der Waals surface area contributed by atoms with E-state index in [9.17, 15) is 68.4 Å². The molecule has 0 aliphatic heterocycles. The number of aliphatic hydroxyl groups is 2. The van der Waals surface area contributed by atoms with Gasteiger partial charge in [0, 0.05) is 32.5 Å². The van der Waals surface area contributed by atoms with Gasteiger partial charge in [-0.25, -0.2) is 4.79 Å². The molecule has 0 unspecified atom stereocenters. The topological polar surface area (TPSA) is 567 Å². The average Bonchev–Trinajstić information content (AvgIpc) is 3.36. The summed E-state index contributed by atoms with van der Waals surface area (Å²) in [5.41, 5.74) is 38.7. The molecule has 1 aromatic carbocycles. The lowest BCUT2D eigenvalue weighted by molar-refractivity contribution is -0.144. The predicted molar refractivity (Wildman–Crippen MR) is 278 cm³/mol. The largest absolute Gasteiger partial charge is 0.481 e. The third-order valence-electron chi connectivity index (χ3n) is 11.0. The highest BCUT2D eigenvalue weighted by atomic mass is 16.4. The van der Waals surface area contributed by atoms with Crippen molar-refractivity contribution in [3.8, 4) is 0 Å². The van der Waals surface area contributed by atoms with Crippen molar-refractivity contribution in [2.45, 2.75) is 120 Å². The van der Waals surface area contributed by atoms with E-state index in [1.54, 1.807) is 30.3 Å². The van der Waals surface area contributed by atoms with Crippen molar-refractivity contribution in [3.63, 3.8) is 0 Å². The number of hydrogen-bond acceptors (Lipinski definition) is 16. The molecule has 32 heteroatoms. The second-order valence-electron chi connectivity index (χ2n) is 17.7. The molecule has 0 fully saturated rings. The van der Waals surface area contributed by atoms with E-state index in [2.05, 4.69) is 57.5 Å². The standard InChI is InChI=1S/C45H76N18O14/c1-23(2)34(42(76)77)63-38(72)28(14-15-33(67)68)59-40(74)30(21-64)62-39(73)29(19-24-9-4-3-5-10-24)60-41(75)31(22-65)61-37(71)27(13-8-18-55-45(51)52)58-36(70)26(12-7-17-54-44(49)50)57-32(66)20-56-35(69)25(46)11-6-16-53-43(47)48/h3-5,9-10,23,25-31,34,64-65H,6-8,11-22,46H2,1-2H3,(H,56,69)(H,57,66)(H,58,70)(H,59,74)(H,60,75)(H,61,71)(H,62,73)(H,63,72)(H,67,68)(H,76,77)(H4,47,48,53)(H4,49,50,54)(H4,51,52,55)/t25-,26-,27-,28-,29-,30-,31-,34-/m0/s1. The van der Waals surface area contributed by atoms with Crippen molar-refractivity contribution in [3.05, 3.63) is 35.9 Å². The Labute approximate surface area is 443 Å². The van der Waals surface area contributed by atoms with Crippen LogP contribution in [0, 0.1) is 5.92 Å². The van der Waals surface area contributed by atoms with Gasteiger partial charge >= 0.3 is 11.9 Å². The molecule has 0 aliphatic carbocycles. The Bertz CT molecular complexity index is 2220. The van der Waals surface area contributed by atoms with Crippen LogP contribution in [0.3, 0.4) is 0 Å². The molecule has 0 saturated heterocycles. The number of aliphatic imine (C=N–C) groups is 3. The molecular formula is C45H76N18O14. The van der Waals surface area contributed by atoms with Crippen LogP contribution in [0.25, 0.3) is 0 Å². The molecule has 0 aliphatic rings. The summed E-state index contributed by atoms with van der Waals surface area (Å²) in [6, 6.07) is -4.23. The molecular weight excluding hydrogens is 1020 g/mol. The average molecular weight is 1090 g/mol. The van der Waals surface area contributed by atoms with Gasteiger partial charge in [-0.2, -0.15) is 0 Å². The third kappa shape index (κ3) is 27.6.